The number of nitrogens with one attached hydrogen (secondary N) is 2. The lowest BCUT2D eigenvalue weighted by atomic mass is 10.0. The Balaban J connectivity index is 1.98. The molecule has 0 aromatic heterocycles. The highest BCUT2D eigenvalue weighted by Gasteiger charge is 2.49. The Morgan fingerprint density at radius 2 is 1.92 bits per heavy atom. The molecule has 4 N–H and O–H groups in total. The smallest absolute Gasteiger partial charge is 0.328 e. The average Bonchev–Trinajstić information content (AvgIpc) is 2.86. The zero-order valence-electron chi connectivity index (χ0n) is 13.8. The van der Waals surface area contributed by atoms with Gasteiger partial charge in [0, 0.05) is 4.75 Å². The molecule has 0 bridgehead atoms. The molecule has 1 saturated heterocycles. The summed E-state index contributed by atoms with van der Waals surface area (Å²) in [5.41, 5.74) is 0. The molecule has 8 nitrogen and oxygen atoms in total. The van der Waals surface area contributed by atoms with Crippen LogP contribution in [0.1, 0.15) is 13.8 Å². The van der Waals surface area contributed by atoms with E-state index in [0.717, 1.165) is 0 Å². The highest BCUT2D eigenvalue weighted by atomic mass is 32.2. The number of carbonyl (C=O) groups is 3. The first-order chi connectivity index (χ1) is 11.7. The van der Waals surface area contributed by atoms with Gasteiger partial charge in [0.1, 0.15) is 11.8 Å². The normalized spacial score (nSPS) is 22.8. The third kappa shape index (κ3) is 4.86. The first-order valence-electron chi connectivity index (χ1n) is 7.57. The molecule has 1 heterocycles. The van der Waals surface area contributed by atoms with Gasteiger partial charge in [-0.15, -0.1) is 11.8 Å². The molecule has 1 aromatic rings. The number of carboxylic acids is 2. The van der Waals surface area contributed by atoms with Crippen LogP contribution in [0.2, 0.25) is 0 Å². The molecule has 1 fully saturated rings. The van der Waals surface area contributed by atoms with Crippen LogP contribution in [0, 0.1) is 0 Å². The van der Waals surface area contributed by atoms with Crippen LogP contribution in [0.4, 0.5) is 0 Å². The number of thioether (sulfide) groups is 1. The van der Waals surface area contributed by atoms with Crippen LogP contribution < -0.4 is 15.4 Å². The summed E-state index contributed by atoms with van der Waals surface area (Å²) in [4.78, 5) is 34.8. The predicted molar refractivity (Wildman–Crippen MR) is 91.5 cm³/mol. The van der Waals surface area contributed by atoms with Crippen LogP contribution >= 0.6 is 11.8 Å². The van der Waals surface area contributed by atoms with E-state index in [0.29, 0.717) is 5.75 Å². The second-order valence-electron chi connectivity index (χ2n) is 6.06. The van der Waals surface area contributed by atoms with E-state index in [2.05, 4.69) is 10.6 Å². The van der Waals surface area contributed by atoms with Gasteiger partial charge in [-0.05, 0) is 26.0 Å². The Labute approximate surface area is 148 Å². The molecule has 2 rings (SSSR count). The standard InChI is InChI=1S/C16H20N2O6S/c1-16(2)12(15(22)23)18-13(25-16)11(14(20)21)17-10(19)8-24-9-6-4-3-5-7-9/h3-7,11-13,18H,8H2,1-2H3,(H,17,19)(H,20,21)(H,22,23)/t11-,12+,13-/m1/s1. The predicted octanol–water partition coefficient (Wildman–Crippen LogP) is 0.529. The second-order valence-corrected chi connectivity index (χ2v) is 7.86. The molecular weight excluding hydrogens is 348 g/mol. The summed E-state index contributed by atoms with van der Waals surface area (Å²) < 4.78 is 4.57. The molecule has 1 aliphatic heterocycles. The van der Waals surface area contributed by atoms with Crippen LogP contribution in [-0.2, 0) is 14.4 Å². The SMILES string of the molecule is CC1(C)S[C@H]([C@@H](NC(=O)COc2ccccc2)C(=O)O)N[C@H]1C(=O)O. The lowest BCUT2D eigenvalue weighted by molar-refractivity contribution is -0.143. The number of hydrogen-bond acceptors (Lipinski definition) is 6. The van der Waals surface area contributed by atoms with E-state index >= 15 is 0 Å². The van der Waals surface area contributed by atoms with Crippen molar-refractivity contribution in [2.45, 2.75) is 36.1 Å². The number of hydrogen-bond donors (Lipinski definition) is 4. The van der Waals surface area contributed by atoms with Gasteiger partial charge in [-0.3, -0.25) is 14.9 Å². The summed E-state index contributed by atoms with van der Waals surface area (Å²) in [6.45, 7) is 3.09. The quantitative estimate of drug-likeness (QED) is 0.549. The van der Waals surface area contributed by atoms with Crippen LogP contribution in [0.25, 0.3) is 0 Å². The summed E-state index contributed by atoms with van der Waals surface area (Å²) in [5.74, 6) is -2.43. The van der Waals surface area contributed by atoms with Gasteiger partial charge in [-0.1, -0.05) is 18.2 Å². The van der Waals surface area contributed by atoms with Crippen LogP contribution in [0.3, 0.4) is 0 Å². The number of aliphatic carboxylic acids is 2. The summed E-state index contributed by atoms with van der Waals surface area (Å²) in [6.07, 6.45) is 0. The van der Waals surface area contributed by atoms with Crippen molar-refractivity contribution in [1.82, 2.24) is 10.6 Å². The number of para-hydroxylation sites is 1. The maximum atomic E-state index is 12.0. The minimum Gasteiger partial charge on any atom is -0.484 e. The van der Waals surface area contributed by atoms with E-state index in [9.17, 15) is 24.6 Å². The van der Waals surface area contributed by atoms with Crippen LogP contribution in [-0.4, -0.2) is 56.9 Å². The summed E-state index contributed by atoms with van der Waals surface area (Å²) in [7, 11) is 0. The van der Waals surface area contributed by atoms with Gasteiger partial charge in [0.25, 0.3) is 5.91 Å². The highest BCUT2D eigenvalue weighted by Crippen LogP contribution is 2.39. The maximum Gasteiger partial charge on any atom is 0.328 e. The fourth-order valence-corrected chi connectivity index (χ4v) is 3.96. The summed E-state index contributed by atoms with van der Waals surface area (Å²) >= 11 is 1.17. The zero-order chi connectivity index (χ0) is 18.6. The molecule has 1 amide bonds. The van der Waals surface area contributed by atoms with Crippen molar-refractivity contribution in [2.75, 3.05) is 6.61 Å². The number of rotatable bonds is 7. The number of benzene rings is 1. The van der Waals surface area contributed by atoms with E-state index in [4.69, 9.17) is 4.74 Å². The number of carboxylic acid groups (broad SMARTS) is 2. The monoisotopic (exact) mass is 368 g/mol. The molecule has 9 heteroatoms. The van der Waals surface area contributed by atoms with Gasteiger partial charge in [-0.25, -0.2) is 4.79 Å². The van der Waals surface area contributed by atoms with Gasteiger partial charge in [0.05, 0.1) is 5.37 Å². The third-order valence-corrected chi connectivity index (χ3v) is 5.21. The van der Waals surface area contributed by atoms with Crippen molar-refractivity contribution in [1.29, 1.82) is 0 Å². The van der Waals surface area contributed by atoms with Gasteiger partial charge >= 0.3 is 11.9 Å². The topological polar surface area (TPSA) is 125 Å². The van der Waals surface area contributed by atoms with E-state index in [1.54, 1.807) is 44.2 Å². The largest absolute Gasteiger partial charge is 0.484 e. The molecule has 3 atom stereocenters. The molecule has 25 heavy (non-hydrogen) atoms. The molecule has 1 aromatic carbocycles. The Kier molecular flexibility index (Phi) is 5.91. The van der Waals surface area contributed by atoms with Crippen LogP contribution in [0.5, 0.6) is 5.75 Å². The Hall–Kier alpha value is -2.26. The molecule has 136 valence electrons. The van der Waals surface area contributed by atoms with Crippen molar-refractivity contribution >= 4 is 29.6 Å². The number of amides is 1. The van der Waals surface area contributed by atoms with Gasteiger partial charge in [0.15, 0.2) is 12.6 Å². The van der Waals surface area contributed by atoms with Gasteiger partial charge in [-0.2, -0.15) is 0 Å². The number of ether oxygens (including phenoxy) is 1. The van der Waals surface area contributed by atoms with Crippen molar-refractivity contribution in [3.05, 3.63) is 30.3 Å². The maximum absolute atomic E-state index is 12.0. The molecule has 0 radical (unpaired) electrons. The van der Waals surface area contributed by atoms with Crippen molar-refractivity contribution < 1.29 is 29.3 Å². The van der Waals surface area contributed by atoms with Crippen molar-refractivity contribution in [3.8, 4) is 5.75 Å². The molecule has 0 aliphatic carbocycles. The Bertz CT molecular complexity index is 651. The van der Waals surface area contributed by atoms with Gasteiger partial charge in [0.2, 0.25) is 0 Å². The second kappa shape index (κ2) is 7.75. The highest BCUT2D eigenvalue weighted by molar-refractivity contribution is 8.01. The average molecular weight is 368 g/mol. The Morgan fingerprint density at radius 1 is 1.28 bits per heavy atom. The molecule has 0 spiro atoms. The van der Waals surface area contributed by atoms with E-state index in [1.165, 1.54) is 11.8 Å². The molecule has 0 saturated carbocycles. The minimum atomic E-state index is -1.28. The van der Waals surface area contributed by atoms with E-state index in [1.807, 2.05) is 0 Å². The van der Waals surface area contributed by atoms with E-state index in [-0.39, 0.29) is 6.61 Å². The zero-order valence-corrected chi connectivity index (χ0v) is 14.6. The lowest BCUT2D eigenvalue weighted by Gasteiger charge is -2.22. The van der Waals surface area contributed by atoms with Crippen LogP contribution in [0.15, 0.2) is 30.3 Å². The van der Waals surface area contributed by atoms with Gasteiger partial charge < -0.3 is 20.3 Å². The first-order valence-corrected chi connectivity index (χ1v) is 8.45. The summed E-state index contributed by atoms with van der Waals surface area (Å²) in [5, 5.41) is 23.0. The number of carbonyl (C=O) groups excluding carboxylic acids is 1. The van der Waals surface area contributed by atoms with Crippen molar-refractivity contribution in [2.24, 2.45) is 0 Å². The van der Waals surface area contributed by atoms with E-state index < -0.39 is 40.1 Å². The molecule has 1 aliphatic rings. The lowest BCUT2D eigenvalue weighted by Crippen LogP contribution is -2.54. The fourth-order valence-electron chi connectivity index (χ4n) is 2.47. The third-order valence-electron chi connectivity index (χ3n) is 3.70. The Morgan fingerprint density at radius 3 is 2.44 bits per heavy atom. The summed E-state index contributed by atoms with van der Waals surface area (Å²) in [6, 6.07) is 6.47. The fraction of sp³-hybridized carbons (Fsp3) is 0.438. The van der Waals surface area contributed by atoms with Crippen molar-refractivity contribution in [3.63, 3.8) is 0 Å². The molecule has 0 unspecified atom stereocenters. The molecular formula is C16H20N2O6S. The first kappa shape index (κ1) is 19.1. The minimum absolute atomic E-state index is 0.336.